The van der Waals surface area contributed by atoms with Gasteiger partial charge in [-0.3, -0.25) is 14.4 Å². The Labute approximate surface area is 179 Å². The molecule has 0 aliphatic rings. The van der Waals surface area contributed by atoms with Crippen LogP contribution in [0.1, 0.15) is 26.3 Å². The first-order chi connectivity index (χ1) is 14.6. The van der Waals surface area contributed by atoms with Crippen molar-refractivity contribution in [3.05, 3.63) is 36.0 Å². The third-order valence-electron chi connectivity index (χ3n) is 4.92. The monoisotopic (exact) mass is 431 g/mol. The maximum atomic E-state index is 12.9. The fourth-order valence-corrected chi connectivity index (χ4v) is 3.15. The molecule has 168 valence electrons. The number of aromatic nitrogens is 1. The van der Waals surface area contributed by atoms with Crippen molar-refractivity contribution in [1.29, 1.82) is 0 Å². The van der Waals surface area contributed by atoms with Crippen LogP contribution in [-0.2, 0) is 25.6 Å². The third-order valence-corrected chi connectivity index (χ3v) is 4.92. The number of hydrogen-bond donors (Lipinski definition) is 6. The first-order valence-electron chi connectivity index (χ1n) is 10.0. The smallest absolute Gasteiger partial charge is 0.326 e. The summed E-state index contributed by atoms with van der Waals surface area (Å²) in [6.07, 6.45) is 1.94. The topological polar surface area (TPSA) is 166 Å². The zero-order valence-electron chi connectivity index (χ0n) is 17.8. The number of carboxylic acids is 1. The number of fused-ring (bicyclic) bond motifs is 1. The van der Waals surface area contributed by atoms with E-state index in [9.17, 15) is 24.3 Å². The molecule has 10 nitrogen and oxygen atoms in total. The van der Waals surface area contributed by atoms with Gasteiger partial charge in [0.15, 0.2) is 0 Å². The fourth-order valence-electron chi connectivity index (χ4n) is 3.15. The molecule has 0 aliphatic heterocycles. The lowest BCUT2D eigenvalue weighted by molar-refractivity contribution is -0.143. The van der Waals surface area contributed by atoms with Gasteiger partial charge in [-0.15, -0.1) is 0 Å². The molecule has 1 aromatic carbocycles. The number of benzene rings is 1. The van der Waals surface area contributed by atoms with Gasteiger partial charge in [-0.25, -0.2) is 4.79 Å². The second kappa shape index (κ2) is 10.6. The Morgan fingerprint density at radius 2 is 1.71 bits per heavy atom. The van der Waals surface area contributed by atoms with Crippen LogP contribution >= 0.6 is 0 Å². The molecule has 10 heteroatoms. The van der Waals surface area contributed by atoms with E-state index in [4.69, 9.17) is 5.73 Å². The summed E-state index contributed by atoms with van der Waals surface area (Å²) in [6, 6.07) is 4.49. The number of nitrogens with two attached hydrogens (primary N) is 1. The molecule has 0 radical (unpaired) electrons. The molecular weight excluding hydrogens is 402 g/mol. The van der Waals surface area contributed by atoms with E-state index in [0.717, 1.165) is 16.5 Å². The number of H-pyrrole nitrogens is 1. The summed E-state index contributed by atoms with van der Waals surface area (Å²) < 4.78 is 0. The number of carbonyl (C=O) groups excluding carboxylic acids is 3. The average molecular weight is 431 g/mol. The maximum absolute atomic E-state index is 12.9. The lowest BCUT2D eigenvalue weighted by Gasteiger charge is -2.23. The Bertz CT molecular complexity index is 955. The van der Waals surface area contributed by atoms with Crippen molar-refractivity contribution < 1.29 is 24.3 Å². The van der Waals surface area contributed by atoms with Gasteiger partial charge >= 0.3 is 5.97 Å². The Morgan fingerprint density at radius 3 is 2.32 bits per heavy atom. The zero-order valence-corrected chi connectivity index (χ0v) is 17.8. The molecule has 0 bridgehead atoms. The van der Waals surface area contributed by atoms with Gasteiger partial charge in [0, 0.05) is 23.5 Å². The number of nitrogens with one attached hydrogen (secondary N) is 4. The van der Waals surface area contributed by atoms with Gasteiger partial charge in [0.2, 0.25) is 17.7 Å². The minimum absolute atomic E-state index is 0.180. The van der Waals surface area contributed by atoms with Gasteiger partial charge < -0.3 is 31.8 Å². The Morgan fingerprint density at radius 1 is 1.03 bits per heavy atom. The van der Waals surface area contributed by atoms with Crippen LogP contribution in [0, 0.1) is 5.92 Å². The highest BCUT2D eigenvalue weighted by molar-refractivity contribution is 5.94. The van der Waals surface area contributed by atoms with E-state index in [1.807, 2.05) is 24.3 Å². The van der Waals surface area contributed by atoms with Crippen LogP contribution in [0.25, 0.3) is 10.9 Å². The maximum Gasteiger partial charge on any atom is 0.326 e. The Balaban J connectivity index is 2.12. The molecule has 0 aliphatic carbocycles. The van der Waals surface area contributed by atoms with E-state index in [1.54, 1.807) is 20.0 Å². The van der Waals surface area contributed by atoms with Crippen LogP contribution < -0.4 is 21.7 Å². The predicted molar refractivity (Wildman–Crippen MR) is 115 cm³/mol. The molecule has 31 heavy (non-hydrogen) atoms. The normalized spacial score (nSPS) is 14.0. The van der Waals surface area contributed by atoms with E-state index in [-0.39, 0.29) is 18.9 Å². The van der Waals surface area contributed by atoms with Gasteiger partial charge in [0.05, 0.1) is 6.54 Å². The molecular formula is C21H29N5O5. The highest BCUT2D eigenvalue weighted by Gasteiger charge is 2.29. The van der Waals surface area contributed by atoms with Gasteiger partial charge in [0.1, 0.15) is 18.1 Å². The van der Waals surface area contributed by atoms with E-state index in [2.05, 4.69) is 20.9 Å². The second-order valence-electron chi connectivity index (χ2n) is 7.69. The number of carbonyl (C=O) groups is 4. The first-order valence-corrected chi connectivity index (χ1v) is 10.0. The van der Waals surface area contributed by atoms with Crippen molar-refractivity contribution in [3.8, 4) is 0 Å². The van der Waals surface area contributed by atoms with Crippen molar-refractivity contribution in [2.75, 3.05) is 6.54 Å². The zero-order chi connectivity index (χ0) is 23.1. The molecule has 0 fully saturated rings. The molecule has 3 atom stereocenters. The van der Waals surface area contributed by atoms with Crippen molar-refractivity contribution in [3.63, 3.8) is 0 Å². The summed E-state index contributed by atoms with van der Waals surface area (Å²) in [5, 5.41) is 17.7. The van der Waals surface area contributed by atoms with Crippen LogP contribution in [0.5, 0.6) is 0 Å². The molecule has 0 spiro atoms. The minimum atomic E-state index is -1.16. The van der Waals surface area contributed by atoms with Crippen molar-refractivity contribution in [2.45, 2.75) is 45.3 Å². The average Bonchev–Trinajstić information content (AvgIpc) is 3.13. The van der Waals surface area contributed by atoms with E-state index < -0.39 is 41.8 Å². The van der Waals surface area contributed by atoms with Gasteiger partial charge in [-0.2, -0.15) is 0 Å². The number of amides is 3. The number of aliphatic carboxylic acids is 1. The second-order valence-corrected chi connectivity index (χ2v) is 7.69. The molecule has 2 rings (SSSR count). The molecule has 1 heterocycles. The van der Waals surface area contributed by atoms with Gasteiger partial charge in [-0.1, -0.05) is 32.0 Å². The van der Waals surface area contributed by atoms with Crippen molar-refractivity contribution in [1.82, 2.24) is 20.9 Å². The van der Waals surface area contributed by atoms with E-state index in [1.165, 1.54) is 6.92 Å². The lowest BCUT2D eigenvalue weighted by Crippen LogP contribution is -2.56. The number of rotatable bonds is 10. The predicted octanol–water partition coefficient (Wildman–Crippen LogP) is -0.116. The highest BCUT2D eigenvalue weighted by atomic mass is 16.4. The Hall–Kier alpha value is -3.40. The molecule has 3 amide bonds. The van der Waals surface area contributed by atoms with Gasteiger partial charge in [-0.05, 0) is 24.5 Å². The van der Waals surface area contributed by atoms with Crippen LogP contribution in [0.4, 0.5) is 0 Å². The fraction of sp³-hybridized carbons (Fsp3) is 0.429. The molecule has 7 N–H and O–H groups in total. The summed E-state index contributed by atoms with van der Waals surface area (Å²) in [4.78, 5) is 51.5. The van der Waals surface area contributed by atoms with Crippen LogP contribution in [-0.4, -0.2) is 58.5 Å². The summed E-state index contributed by atoms with van der Waals surface area (Å²) >= 11 is 0. The minimum Gasteiger partial charge on any atom is -0.480 e. The summed E-state index contributed by atoms with van der Waals surface area (Å²) in [6.45, 7) is 4.49. The van der Waals surface area contributed by atoms with Crippen molar-refractivity contribution in [2.24, 2.45) is 11.7 Å². The van der Waals surface area contributed by atoms with E-state index in [0.29, 0.717) is 0 Å². The first kappa shape index (κ1) is 23.9. The standard InChI is InChI=1S/C21H29N5O5/c1-11(2)18(21(30)31)26-19(28)12(3)24-20(29)16(25-17(27)9-22)8-13-10-23-15-7-5-4-6-14(13)15/h4-7,10-12,16,18,23H,8-9,22H2,1-3H3,(H,24,29)(H,25,27)(H,26,28)(H,30,31). The number of carboxylic acid groups (broad SMARTS) is 1. The SMILES string of the molecule is CC(NC(=O)C(Cc1c[nH]c2ccccc12)NC(=O)CN)C(=O)NC(C(=O)O)C(C)C. The molecule has 0 saturated heterocycles. The Kier molecular flexibility index (Phi) is 8.14. The van der Waals surface area contributed by atoms with Crippen LogP contribution in [0.3, 0.4) is 0 Å². The molecule has 1 aromatic heterocycles. The quantitative estimate of drug-likeness (QED) is 0.307. The summed E-state index contributed by atoms with van der Waals surface area (Å²) in [7, 11) is 0. The molecule has 3 unspecified atom stereocenters. The summed E-state index contributed by atoms with van der Waals surface area (Å²) in [5.41, 5.74) is 7.08. The van der Waals surface area contributed by atoms with Crippen molar-refractivity contribution >= 4 is 34.6 Å². The van der Waals surface area contributed by atoms with Crippen LogP contribution in [0.2, 0.25) is 0 Å². The lowest BCUT2D eigenvalue weighted by atomic mass is 10.0. The van der Waals surface area contributed by atoms with E-state index >= 15 is 0 Å². The molecule has 0 saturated carbocycles. The highest BCUT2D eigenvalue weighted by Crippen LogP contribution is 2.19. The summed E-state index contributed by atoms with van der Waals surface area (Å²) in [5.74, 6) is -3.21. The molecule has 2 aromatic rings. The number of para-hydroxylation sites is 1. The third kappa shape index (κ3) is 6.29. The number of aromatic amines is 1. The van der Waals surface area contributed by atoms with Gasteiger partial charge in [0.25, 0.3) is 0 Å². The number of hydrogen-bond acceptors (Lipinski definition) is 5. The largest absolute Gasteiger partial charge is 0.480 e. The van der Waals surface area contributed by atoms with Crippen LogP contribution in [0.15, 0.2) is 30.5 Å².